The van der Waals surface area contributed by atoms with Gasteiger partial charge in [0.2, 0.25) is 0 Å². The average molecular weight is 375 g/mol. The number of benzene rings is 1. The molecule has 4 aromatic rings. The van der Waals surface area contributed by atoms with E-state index in [1.165, 1.54) is 13.3 Å². The quantitative estimate of drug-likeness (QED) is 0.480. The van der Waals surface area contributed by atoms with Crippen LogP contribution in [0.5, 0.6) is 0 Å². The molecule has 0 bridgehead atoms. The third kappa shape index (κ3) is 2.72. The molecule has 0 amide bonds. The second-order valence-electron chi connectivity index (χ2n) is 6.09. The Morgan fingerprint density at radius 3 is 2.93 bits per heavy atom. The van der Waals surface area contributed by atoms with E-state index in [0.29, 0.717) is 23.4 Å². The van der Waals surface area contributed by atoms with Crippen molar-refractivity contribution in [2.45, 2.75) is 23.4 Å². The second kappa shape index (κ2) is 6.13. The van der Waals surface area contributed by atoms with E-state index in [2.05, 4.69) is 48.4 Å². The van der Waals surface area contributed by atoms with Crippen LogP contribution in [0.3, 0.4) is 0 Å². The summed E-state index contributed by atoms with van der Waals surface area (Å²) in [5, 5.41) is 4.19. The van der Waals surface area contributed by atoms with Crippen LogP contribution in [-0.4, -0.2) is 35.3 Å². The molecule has 9 heteroatoms. The highest BCUT2D eigenvalue weighted by Gasteiger charge is 2.19. The molecule has 1 aliphatic heterocycles. The Balaban J connectivity index is 1.51. The summed E-state index contributed by atoms with van der Waals surface area (Å²) in [6, 6.07) is 6.18. The molecule has 4 heterocycles. The van der Waals surface area contributed by atoms with Gasteiger partial charge in [0, 0.05) is 30.8 Å². The topological polar surface area (TPSA) is 98.5 Å². The fourth-order valence-corrected chi connectivity index (χ4v) is 3.94. The van der Waals surface area contributed by atoms with Gasteiger partial charge in [-0.05, 0) is 17.7 Å². The van der Waals surface area contributed by atoms with Crippen LogP contribution in [0, 0.1) is 0 Å². The first-order valence-corrected chi connectivity index (χ1v) is 9.06. The minimum Gasteiger partial charge on any atom is -0.337 e. The Labute approximate surface area is 158 Å². The number of nitrogens with zero attached hydrogens (tertiary/aromatic N) is 6. The summed E-state index contributed by atoms with van der Waals surface area (Å²) in [7, 11) is 0. The van der Waals surface area contributed by atoms with E-state index in [4.69, 9.17) is 0 Å². The van der Waals surface area contributed by atoms with Crippen LogP contribution < -0.4 is 5.32 Å². The van der Waals surface area contributed by atoms with Gasteiger partial charge in [-0.25, -0.2) is 24.9 Å². The number of carbonyl (C=O) groups excluding carboxylic acids is 1. The Bertz CT molecular complexity index is 1200. The van der Waals surface area contributed by atoms with Crippen molar-refractivity contribution in [1.29, 1.82) is 0 Å². The van der Waals surface area contributed by atoms with E-state index in [9.17, 15) is 4.79 Å². The van der Waals surface area contributed by atoms with Gasteiger partial charge in [0.05, 0.1) is 12.0 Å². The summed E-state index contributed by atoms with van der Waals surface area (Å²) < 4.78 is 1.90. The minimum atomic E-state index is -0.108. The summed E-state index contributed by atoms with van der Waals surface area (Å²) in [6.07, 6.45) is 6.41. The van der Waals surface area contributed by atoms with E-state index < -0.39 is 0 Å². The van der Waals surface area contributed by atoms with Crippen LogP contribution in [0.4, 0.5) is 11.5 Å². The van der Waals surface area contributed by atoms with Gasteiger partial charge in [0.25, 0.3) is 0 Å². The maximum Gasteiger partial charge on any atom is 0.181 e. The molecule has 0 unspecified atom stereocenters. The number of anilines is 2. The van der Waals surface area contributed by atoms with Crippen molar-refractivity contribution in [2.24, 2.45) is 0 Å². The number of ketones is 1. The number of carbonyl (C=O) groups is 1. The molecule has 0 fully saturated rings. The van der Waals surface area contributed by atoms with Crippen molar-refractivity contribution in [3.05, 3.63) is 54.5 Å². The molecule has 27 heavy (non-hydrogen) atoms. The van der Waals surface area contributed by atoms with Crippen molar-refractivity contribution in [3.63, 3.8) is 0 Å². The Kier molecular flexibility index (Phi) is 3.61. The lowest BCUT2D eigenvalue weighted by Crippen LogP contribution is -2.07. The van der Waals surface area contributed by atoms with Crippen molar-refractivity contribution in [3.8, 4) is 0 Å². The average Bonchev–Trinajstić information content (AvgIpc) is 3.09. The highest BCUT2D eigenvalue weighted by molar-refractivity contribution is 7.99. The lowest BCUT2D eigenvalue weighted by Gasteiger charge is -2.19. The maximum atomic E-state index is 11.9. The first-order chi connectivity index (χ1) is 13.2. The van der Waals surface area contributed by atoms with E-state index >= 15 is 0 Å². The lowest BCUT2D eigenvalue weighted by molar-refractivity contribution is 0.101. The van der Waals surface area contributed by atoms with Gasteiger partial charge in [-0.2, -0.15) is 0 Å². The predicted molar refractivity (Wildman–Crippen MR) is 100 cm³/mol. The number of fused-ring (bicyclic) bond motifs is 3. The lowest BCUT2D eigenvalue weighted by atomic mass is 10.2. The zero-order valence-corrected chi connectivity index (χ0v) is 15.1. The number of hydrogen-bond donors (Lipinski definition) is 1. The van der Waals surface area contributed by atoms with Crippen molar-refractivity contribution in [2.75, 3.05) is 5.32 Å². The van der Waals surface area contributed by atoms with Crippen molar-refractivity contribution < 1.29 is 4.79 Å². The summed E-state index contributed by atoms with van der Waals surface area (Å²) >= 11 is 1.59. The molecule has 1 N–H and O–H groups in total. The number of Topliss-reactive ketones (excluding diaryl/α,β-unsaturated/α-hetero) is 1. The van der Waals surface area contributed by atoms with Gasteiger partial charge in [-0.3, -0.25) is 4.79 Å². The molecular formula is C18H13N7OS. The fraction of sp³-hybridized carbons (Fsp3) is 0.111. The van der Waals surface area contributed by atoms with Crippen molar-refractivity contribution >= 4 is 40.2 Å². The van der Waals surface area contributed by atoms with E-state index in [1.807, 2.05) is 4.57 Å². The van der Waals surface area contributed by atoms with E-state index in [0.717, 1.165) is 27.0 Å². The molecule has 8 nitrogen and oxygen atoms in total. The summed E-state index contributed by atoms with van der Waals surface area (Å²) in [5.74, 6) is 0.648. The Morgan fingerprint density at radius 1 is 1.15 bits per heavy atom. The maximum absolute atomic E-state index is 11.9. The predicted octanol–water partition coefficient (Wildman–Crippen LogP) is 3.08. The van der Waals surface area contributed by atoms with Gasteiger partial charge in [0.15, 0.2) is 17.2 Å². The first-order valence-electron chi connectivity index (χ1n) is 8.24. The molecule has 1 aliphatic rings. The fourth-order valence-electron chi connectivity index (χ4n) is 3.06. The second-order valence-corrected chi connectivity index (χ2v) is 7.12. The largest absolute Gasteiger partial charge is 0.337 e. The van der Waals surface area contributed by atoms with Crippen LogP contribution in [0.15, 0.2) is 53.2 Å². The number of hydrogen-bond acceptors (Lipinski definition) is 8. The zero-order valence-electron chi connectivity index (χ0n) is 14.2. The third-order valence-electron chi connectivity index (χ3n) is 4.26. The van der Waals surface area contributed by atoms with Crippen LogP contribution >= 0.6 is 11.8 Å². The molecule has 1 aromatic carbocycles. The molecule has 0 atom stereocenters. The number of nitrogens with one attached hydrogen (secondary N) is 1. The Hall–Kier alpha value is -3.33. The van der Waals surface area contributed by atoms with Gasteiger partial charge in [0.1, 0.15) is 22.6 Å². The van der Waals surface area contributed by atoms with Crippen LogP contribution in [0.2, 0.25) is 0 Å². The standard InChI is InChI=1S/C18H13N7OS/c1-10(26)14-15-16(22-8-21-14)23-9-25(15)7-11-2-3-13-12(6-11)24-17-18(27-13)20-5-4-19-17/h2-6,8-9H,7H2,1H3,(H,19,24). The molecular weight excluding hydrogens is 362 g/mol. The summed E-state index contributed by atoms with van der Waals surface area (Å²) in [6.45, 7) is 2.05. The molecule has 5 rings (SSSR count). The molecule has 0 saturated carbocycles. The summed E-state index contributed by atoms with van der Waals surface area (Å²) in [5.41, 5.74) is 3.60. The van der Waals surface area contributed by atoms with Gasteiger partial charge < -0.3 is 9.88 Å². The molecule has 0 spiro atoms. The van der Waals surface area contributed by atoms with Crippen LogP contribution in [0.25, 0.3) is 11.2 Å². The molecule has 0 aliphatic carbocycles. The van der Waals surface area contributed by atoms with Gasteiger partial charge in [-0.1, -0.05) is 17.8 Å². The zero-order chi connectivity index (χ0) is 18.4. The SMILES string of the molecule is CC(=O)c1ncnc2ncn(Cc3ccc4c(c3)Nc3nccnc3S4)c12. The van der Waals surface area contributed by atoms with Crippen LogP contribution in [0.1, 0.15) is 23.0 Å². The molecule has 3 aromatic heterocycles. The number of imidazole rings is 1. The number of aromatic nitrogens is 6. The molecule has 0 radical (unpaired) electrons. The van der Waals surface area contributed by atoms with Gasteiger partial charge in [-0.15, -0.1) is 0 Å². The minimum absolute atomic E-state index is 0.108. The van der Waals surface area contributed by atoms with E-state index in [-0.39, 0.29) is 5.78 Å². The van der Waals surface area contributed by atoms with Gasteiger partial charge >= 0.3 is 0 Å². The first kappa shape index (κ1) is 15.9. The summed E-state index contributed by atoms with van der Waals surface area (Å²) in [4.78, 5) is 34.3. The molecule has 0 saturated heterocycles. The Morgan fingerprint density at radius 2 is 2.04 bits per heavy atom. The highest BCUT2D eigenvalue weighted by atomic mass is 32.2. The smallest absolute Gasteiger partial charge is 0.181 e. The van der Waals surface area contributed by atoms with Crippen molar-refractivity contribution in [1.82, 2.24) is 29.5 Å². The molecule has 132 valence electrons. The van der Waals surface area contributed by atoms with E-state index in [1.54, 1.807) is 30.5 Å². The van der Waals surface area contributed by atoms with Crippen LogP contribution in [-0.2, 0) is 6.54 Å². The normalized spacial score (nSPS) is 12.3. The highest BCUT2D eigenvalue weighted by Crippen LogP contribution is 2.42. The third-order valence-corrected chi connectivity index (χ3v) is 5.33. The number of rotatable bonds is 3. The monoisotopic (exact) mass is 375 g/mol.